The van der Waals surface area contributed by atoms with Crippen molar-refractivity contribution in [2.75, 3.05) is 52.4 Å². The Hall–Kier alpha value is -3.36. The van der Waals surface area contributed by atoms with Gasteiger partial charge in [-0.15, -0.1) is 0 Å². The second-order valence-corrected chi connectivity index (χ2v) is 8.75. The SMILES string of the molecule is CN/C=C(\C=N)c1cc(OCCOC)cc([C@@H](C)NC(=O)c2cc(N3CC(NC)C3)ccc2C)c1. The van der Waals surface area contributed by atoms with Gasteiger partial charge in [0.05, 0.1) is 12.6 Å². The first-order valence-corrected chi connectivity index (χ1v) is 11.9. The number of likely N-dealkylation sites (N-methyl/N-ethyl adjacent to an activating group) is 1. The number of methoxy groups -OCH3 is 1. The number of amides is 1. The summed E-state index contributed by atoms with van der Waals surface area (Å²) in [5.41, 5.74) is 5.09. The fourth-order valence-electron chi connectivity index (χ4n) is 4.01. The van der Waals surface area contributed by atoms with Crippen LogP contribution in [-0.4, -0.2) is 65.7 Å². The van der Waals surface area contributed by atoms with E-state index in [1.807, 2.05) is 51.2 Å². The van der Waals surface area contributed by atoms with Crippen LogP contribution < -0.4 is 25.6 Å². The first-order valence-electron chi connectivity index (χ1n) is 11.9. The number of carbonyl (C=O) groups is 1. The molecule has 0 spiro atoms. The molecule has 1 saturated heterocycles. The Kier molecular flexibility index (Phi) is 9.28. The minimum absolute atomic E-state index is 0.118. The number of hydrogen-bond donors (Lipinski definition) is 4. The maximum Gasteiger partial charge on any atom is 0.252 e. The van der Waals surface area contributed by atoms with Crippen LogP contribution in [0.4, 0.5) is 5.69 Å². The summed E-state index contributed by atoms with van der Waals surface area (Å²) in [4.78, 5) is 15.5. The van der Waals surface area contributed by atoms with E-state index in [-0.39, 0.29) is 11.9 Å². The summed E-state index contributed by atoms with van der Waals surface area (Å²) < 4.78 is 11.0. The van der Waals surface area contributed by atoms with Gasteiger partial charge in [0.25, 0.3) is 5.91 Å². The van der Waals surface area contributed by atoms with Crippen molar-refractivity contribution in [3.63, 3.8) is 0 Å². The van der Waals surface area contributed by atoms with E-state index < -0.39 is 0 Å². The van der Waals surface area contributed by atoms with Gasteiger partial charge >= 0.3 is 0 Å². The normalized spacial score (nSPS) is 14.8. The molecule has 1 aliphatic rings. The van der Waals surface area contributed by atoms with Crippen molar-refractivity contribution < 1.29 is 14.3 Å². The van der Waals surface area contributed by atoms with E-state index in [1.54, 1.807) is 20.4 Å². The lowest BCUT2D eigenvalue weighted by Gasteiger charge is -2.41. The van der Waals surface area contributed by atoms with Crippen molar-refractivity contribution in [3.8, 4) is 5.75 Å². The van der Waals surface area contributed by atoms with Crippen LogP contribution in [0.25, 0.3) is 5.57 Å². The lowest BCUT2D eigenvalue weighted by Crippen LogP contribution is -2.57. The van der Waals surface area contributed by atoms with Crippen molar-refractivity contribution >= 4 is 23.4 Å². The summed E-state index contributed by atoms with van der Waals surface area (Å²) in [5.74, 6) is 0.544. The number of hydrogen-bond acceptors (Lipinski definition) is 7. The number of ether oxygens (including phenoxy) is 2. The molecule has 1 aliphatic heterocycles. The number of carbonyl (C=O) groups excluding carboxylic acids is 1. The van der Waals surface area contributed by atoms with Gasteiger partial charge in [0, 0.05) is 62.5 Å². The van der Waals surface area contributed by atoms with E-state index >= 15 is 0 Å². The summed E-state index contributed by atoms with van der Waals surface area (Å²) in [6, 6.07) is 12.1. The van der Waals surface area contributed by atoms with Crippen LogP contribution in [0, 0.1) is 12.3 Å². The van der Waals surface area contributed by atoms with Crippen LogP contribution in [0.5, 0.6) is 5.75 Å². The molecule has 1 atom stereocenters. The van der Waals surface area contributed by atoms with Crippen LogP contribution in [0.2, 0.25) is 0 Å². The van der Waals surface area contributed by atoms with Crippen molar-refractivity contribution in [1.29, 1.82) is 5.41 Å². The van der Waals surface area contributed by atoms with Gasteiger partial charge in [-0.1, -0.05) is 6.07 Å². The van der Waals surface area contributed by atoms with Gasteiger partial charge in [-0.2, -0.15) is 0 Å². The molecule has 0 radical (unpaired) electrons. The molecule has 2 aromatic rings. The Morgan fingerprint density at radius 3 is 2.63 bits per heavy atom. The van der Waals surface area contributed by atoms with Crippen molar-refractivity contribution in [1.82, 2.24) is 16.0 Å². The third-order valence-corrected chi connectivity index (χ3v) is 6.24. The number of allylic oxidation sites excluding steroid dienone is 1. The molecule has 8 heteroatoms. The summed E-state index contributed by atoms with van der Waals surface area (Å²) in [6.45, 7) is 6.66. The molecular weight excluding hydrogens is 442 g/mol. The first kappa shape index (κ1) is 26.2. The molecular formula is C27H37N5O3. The smallest absolute Gasteiger partial charge is 0.252 e. The van der Waals surface area contributed by atoms with Gasteiger partial charge in [-0.05, 0) is 67.9 Å². The molecule has 2 aromatic carbocycles. The van der Waals surface area contributed by atoms with Crippen LogP contribution in [-0.2, 0) is 4.74 Å². The molecule has 0 aromatic heterocycles. The number of nitrogens with one attached hydrogen (secondary N) is 4. The van der Waals surface area contributed by atoms with E-state index in [0.29, 0.717) is 36.1 Å². The predicted octanol–water partition coefficient (Wildman–Crippen LogP) is 3.13. The highest BCUT2D eigenvalue weighted by atomic mass is 16.5. The third-order valence-electron chi connectivity index (χ3n) is 6.24. The highest BCUT2D eigenvalue weighted by Crippen LogP contribution is 2.27. The molecule has 1 heterocycles. The zero-order valence-corrected chi connectivity index (χ0v) is 21.3. The van der Waals surface area contributed by atoms with E-state index in [1.165, 1.54) is 6.21 Å². The first-order chi connectivity index (χ1) is 16.9. The van der Waals surface area contributed by atoms with Crippen molar-refractivity contribution in [3.05, 3.63) is 64.9 Å². The molecule has 35 heavy (non-hydrogen) atoms. The average Bonchev–Trinajstić information content (AvgIpc) is 2.82. The van der Waals surface area contributed by atoms with E-state index in [9.17, 15) is 4.79 Å². The summed E-state index contributed by atoms with van der Waals surface area (Å²) in [5, 5.41) is 17.2. The van der Waals surface area contributed by atoms with Crippen LogP contribution in [0.1, 0.15) is 40.0 Å². The molecule has 3 rings (SSSR count). The van der Waals surface area contributed by atoms with Crippen LogP contribution >= 0.6 is 0 Å². The Bertz CT molecular complexity index is 1060. The fourth-order valence-corrected chi connectivity index (χ4v) is 4.01. The second-order valence-electron chi connectivity index (χ2n) is 8.75. The van der Waals surface area contributed by atoms with E-state index in [4.69, 9.17) is 14.9 Å². The Morgan fingerprint density at radius 1 is 1.20 bits per heavy atom. The molecule has 188 valence electrons. The van der Waals surface area contributed by atoms with Crippen molar-refractivity contribution in [2.45, 2.75) is 25.9 Å². The molecule has 0 saturated carbocycles. The topological polar surface area (TPSA) is 98.7 Å². The van der Waals surface area contributed by atoms with E-state index in [0.717, 1.165) is 35.5 Å². The standard InChI is InChI=1S/C27H37N5O3/c1-18-6-7-24(32-16-23(17-32)30-4)13-26(18)27(33)31-19(2)20-10-21(22(14-28)15-29-3)12-25(11-20)35-9-8-34-5/h6-7,10-15,19,23,28-30H,8-9,16-17H2,1-5H3,(H,31,33)/b22-15+,28-14?/t19-/m1/s1. The average molecular weight is 480 g/mol. The molecule has 0 aliphatic carbocycles. The number of benzene rings is 2. The molecule has 1 amide bonds. The summed E-state index contributed by atoms with van der Waals surface area (Å²) in [6.07, 6.45) is 3.05. The third kappa shape index (κ3) is 6.61. The van der Waals surface area contributed by atoms with Crippen molar-refractivity contribution in [2.24, 2.45) is 0 Å². The monoisotopic (exact) mass is 479 g/mol. The van der Waals surface area contributed by atoms with Gasteiger partial charge in [0.1, 0.15) is 12.4 Å². The quantitative estimate of drug-likeness (QED) is 0.276. The van der Waals surface area contributed by atoms with Gasteiger partial charge < -0.3 is 35.7 Å². The maximum atomic E-state index is 13.3. The van der Waals surface area contributed by atoms with E-state index in [2.05, 4.69) is 26.9 Å². The van der Waals surface area contributed by atoms with Gasteiger partial charge in [-0.3, -0.25) is 4.79 Å². The van der Waals surface area contributed by atoms with Gasteiger partial charge in [0.2, 0.25) is 0 Å². The van der Waals surface area contributed by atoms with Crippen LogP contribution in [0.3, 0.4) is 0 Å². The molecule has 1 fully saturated rings. The summed E-state index contributed by atoms with van der Waals surface area (Å²) in [7, 11) is 5.39. The fraction of sp³-hybridized carbons (Fsp3) is 0.407. The Balaban J connectivity index is 1.82. The highest BCUT2D eigenvalue weighted by Gasteiger charge is 2.26. The zero-order chi connectivity index (χ0) is 25.4. The zero-order valence-electron chi connectivity index (χ0n) is 21.3. The number of anilines is 1. The predicted molar refractivity (Wildman–Crippen MR) is 142 cm³/mol. The molecule has 4 N–H and O–H groups in total. The highest BCUT2D eigenvalue weighted by molar-refractivity contribution is 6.08. The number of aryl methyl sites for hydroxylation is 1. The lowest BCUT2D eigenvalue weighted by atomic mass is 9.99. The summed E-state index contributed by atoms with van der Waals surface area (Å²) >= 11 is 0. The minimum Gasteiger partial charge on any atom is -0.491 e. The largest absolute Gasteiger partial charge is 0.491 e. The minimum atomic E-state index is -0.269. The van der Waals surface area contributed by atoms with Gasteiger partial charge in [0.15, 0.2) is 0 Å². The number of rotatable bonds is 12. The maximum absolute atomic E-state index is 13.3. The molecule has 0 bridgehead atoms. The lowest BCUT2D eigenvalue weighted by molar-refractivity contribution is 0.0939. The second kappa shape index (κ2) is 12.4. The Morgan fingerprint density at radius 2 is 1.97 bits per heavy atom. The van der Waals surface area contributed by atoms with Gasteiger partial charge in [-0.25, -0.2) is 0 Å². The molecule has 8 nitrogen and oxygen atoms in total. The van der Waals surface area contributed by atoms with Crippen LogP contribution in [0.15, 0.2) is 42.6 Å². The molecule has 0 unspecified atom stereocenters. The number of nitrogens with zero attached hydrogens (tertiary/aromatic N) is 1. The Labute approximate surface area is 208 Å².